The fourth-order valence-electron chi connectivity index (χ4n) is 3.25. The first-order chi connectivity index (χ1) is 9.47. The highest BCUT2D eigenvalue weighted by atomic mass is 16.1. The summed E-state index contributed by atoms with van der Waals surface area (Å²) < 4.78 is 0. The van der Waals surface area contributed by atoms with Crippen molar-refractivity contribution in [2.45, 2.75) is 46.1 Å². The largest absolute Gasteiger partial charge is 0.399 e. The number of nitrogens with one attached hydrogen (secondary N) is 1. The van der Waals surface area contributed by atoms with E-state index >= 15 is 0 Å². The minimum Gasteiger partial charge on any atom is -0.399 e. The molecule has 3 nitrogen and oxygen atoms in total. The molecule has 1 fully saturated rings. The number of nitrogens with two attached hydrogens (primary N) is 1. The molecule has 0 saturated heterocycles. The number of rotatable bonds is 3. The number of nitrogen functional groups attached to an aromatic ring is 1. The Labute approximate surface area is 121 Å². The summed E-state index contributed by atoms with van der Waals surface area (Å²) in [5.41, 5.74) is 7.04. The minimum absolute atomic E-state index is 0.0229. The van der Waals surface area contributed by atoms with Crippen LogP contribution in [0.15, 0.2) is 24.3 Å². The Morgan fingerprint density at radius 3 is 2.50 bits per heavy atom. The monoisotopic (exact) mass is 274 g/mol. The second-order valence-electron chi connectivity index (χ2n) is 6.53. The molecule has 1 aliphatic rings. The summed E-state index contributed by atoms with van der Waals surface area (Å²) in [6.07, 6.45) is 3.58. The fraction of sp³-hybridized carbons (Fsp3) is 0.588. The van der Waals surface area contributed by atoms with E-state index in [-0.39, 0.29) is 5.91 Å². The van der Waals surface area contributed by atoms with E-state index in [4.69, 9.17) is 5.73 Å². The Morgan fingerprint density at radius 2 is 1.90 bits per heavy atom. The molecule has 0 aliphatic heterocycles. The molecule has 0 heterocycles. The van der Waals surface area contributed by atoms with Gasteiger partial charge >= 0.3 is 0 Å². The number of carbonyl (C=O) groups excluding carboxylic acids is 1. The predicted octanol–water partition coefficient (Wildman–Crippen LogP) is 3.46. The van der Waals surface area contributed by atoms with Gasteiger partial charge in [-0.1, -0.05) is 27.2 Å². The van der Waals surface area contributed by atoms with E-state index in [1.54, 1.807) is 24.3 Å². The molecule has 3 heteroatoms. The van der Waals surface area contributed by atoms with Gasteiger partial charge in [-0.05, 0) is 54.9 Å². The highest BCUT2D eigenvalue weighted by Crippen LogP contribution is 2.33. The van der Waals surface area contributed by atoms with Gasteiger partial charge in [0.1, 0.15) is 0 Å². The van der Waals surface area contributed by atoms with Crippen molar-refractivity contribution in [2.75, 3.05) is 5.73 Å². The highest BCUT2D eigenvalue weighted by molar-refractivity contribution is 5.94. The molecule has 3 atom stereocenters. The maximum atomic E-state index is 12.3. The number of hydrogen-bond acceptors (Lipinski definition) is 2. The Bertz CT molecular complexity index is 453. The van der Waals surface area contributed by atoms with Crippen LogP contribution in [0.4, 0.5) is 5.69 Å². The van der Waals surface area contributed by atoms with Crippen LogP contribution in [0.1, 0.15) is 50.4 Å². The topological polar surface area (TPSA) is 55.1 Å². The van der Waals surface area contributed by atoms with Crippen LogP contribution in [0.2, 0.25) is 0 Å². The zero-order chi connectivity index (χ0) is 14.7. The van der Waals surface area contributed by atoms with Crippen molar-refractivity contribution in [3.63, 3.8) is 0 Å². The summed E-state index contributed by atoms with van der Waals surface area (Å²) in [7, 11) is 0. The van der Waals surface area contributed by atoms with Gasteiger partial charge in [0.05, 0.1) is 0 Å². The summed E-state index contributed by atoms with van der Waals surface area (Å²) in [6, 6.07) is 7.43. The van der Waals surface area contributed by atoms with E-state index in [2.05, 4.69) is 26.1 Å². The highest BCUT2D eigenvalue weighted by Gasteiger charge is 2.31. The Balaban J connectivity index is 2.05. The van der Waals surface area contributed by atoms with Crippen LogP contribution in [0.3, 0.4) is 0 Å². The molecule has 1 amide bonds. The van der Waals surface area contributed by atoms with Gasteiger partial charge in [-0.3, -0.25) is 4.79 Å². The van der Waals surface area contributed by atoms with E-state index in [9.17, 15) is 4.79 Å². The van der Waals surface area contributed by atoms with Crippen LogP contribution in [-0.4, -0.2) is 11.9 Å². The molecule has 1 aliphatic carbocycles. The lowest BCUT2D eigenvalue weighted by atomic mass is 9.74. The van der Waals surface area contributed by atoms with Crippen molar-refractivity contribution in [3.8, 4) is 0 Å². The van der Waals surface area contributed by atoms with E-state index in [0.717, 1.165) is 6.42 Å². The van der Waals surface area contributed by atoms with Gasteiger partial charge in [0.15, 0.2) is 0 Å². The third-order valence-corrected chi connectivity index (χ3v) is 4.51. The van der Waals surface area contributed by atoms with E-state index in [1.165, 1.54) is 12.8 Å². The van der Waals surface area contributed by atoms with Crippen molar-refractivity contribution >= 4 is 11.6 Å². The van der Waals surface area contributed by atoms with Crippen LogP contribution in [0.5, 0.6) is 0 Å². The molecule has 0 radical (unpaired) electrons. The zero-order valence-corrected chi connectivity index (χ0v) is 12.7. The first kappa shape index (κ1) is 14.9. The van der Waals surface area contributed by atoms with Crippen LogP contribution >= 0.6 is 0 Å². The van der Waals surface area contributed by atoms with Gasteiger partial charge < -0.3 is 11.1 Å². The summed E-state index contributed by atoms with van der Waals surface area (Å²) in [6.45, 7) is 6.78. The van der Waals surface area contributed by atoms with Gasteiger partial charge in [-0.2, -0.15) is 0 Å². The van der Waals surface area contributed by atoms with Gasteiger partial charge in [0, 0.05) is 17.3 Å². The number of hydrogen-bond donors (Lipinski definition) is 2. The normalized spacial score (nSPS) is 26.5. The van der Waals surface area contributed by atoms with Crippen molar-refractivity contribution in [2.24, 2.45) is 17.8 Å². The molecule has 3 N–H and O–H groups in total. The standard InChI is InChI=1S/C17H26N2O/c1-11(2)15-9-4-12(3)10-16(15)19-17(20)13-5-7-14(18)8-6-13/h5-8,11-12,15-16H,4,9-10,18H2,1-3H3,(H,19,20). The lowest BCUT2D eigenvalue weighted by Gasteiger charge is -2.37. The van der Waals surface area contributed by atoms with Gasteiger partial charge in [-0.15, -0.1) is 0 Å². The molecular formula is C17H26N2O. The predicted molar refractivity (Wildman–Crippen MR) is 83.5 cm³/mol. The SMILES string of the molecule is CC1CCC(C(C)C)C(NC(=O)c2ccc(N)cc2)C1. The summed E-state index contributed by atoms with van der Waals surface area (Å²) in [4.78, 5) is 12.3. The third kappa shape index (κ3) is 3.53. The second-order valence-corrected chi connectivity index (χ2v) is 6.53. The zero-order valence-electron chi connectivity index (χ0n) is 12.7. The molecule has 1 aromatic carbocycles. The molecule has 2 rings (SSSR count). The van der Waals surface area contributed by atoms with Gasteiger partial charge in [-0.25, -0.2) is 0 Å². The first-order valence-electron chi connectivity index (χ1n) is 7.63. The molecular weight excluding hydrogens is 248 g/mol. The third-order valence-electron chi connectivity index (χ3n) is 4.51. The lowest BCUT2D eigenvalue weighted by Crippen LogP contribution is -2.45. The van der Waals surface area contributed by atoms with E-state index in [1.807, 2.05) is 0 Å². The second kappa shape index (κ2) is 6.29. The smallest absolute Gasteiger partial charge is 0.251 e. The maximum absolute atomic E-state index is 12.3. The number of benzene rings is 1. The van der Waals surface area contributed by atoms with E-state index < -0.39 is 0 Å². The molecule has 0 aromatic heterocycles. The summed E-state index contributed by atoms with van der Waals surface area (Å²) >= 11 is 0. The molecule has 0 bridgehead atoms. The average Bonchev–Trinajstić information content (AvgIpc) is 2.39. The quantitative estimate of drug-likeness (QED) is 0.829. The van der Waals surface area contributed by atoms with Crippen molar-refractivity contribution in [1.29, 1.82) is 0 Å². The van der Waals surface area contributed by atoms with E-state index in [0.29, 0.717) is 35.0 Å². The van der Waals surface area contributed by atoms with Crippen LogP contribution < -0.4 is 11.1 Å². The van der Waals surface area contributed by atoms with Gasteiger partial charge in [0.25, 0.3) is 5.91 Å². The van der Waals surface area contributed by atoms with Crippen molar-refractivity contribution < 1.29 is 4.79 Å². The number of carbonyl (C=O) groups is 1. The summed E-state index contributed by atoms with van der Waals surface area (Å²) in [5.74, 6) is 1.92. The molecule has 110 valence electrons. The molecule has 1 aromatic rings. The molecule has 20 heavy (non-hydrogen) atoms. The van der Waals surface area contributed by atoms with Crippen LogP contribution in [-0.2, 0) is 0 Å². The van der Waals surface area contributed by atoms with Crippen molar-refractivity contribution in [1.82, 2.24) is 5.32 Å². The lowest BCUT2D eigenvalue weighted by molar-refractivity contribution is 0.0868. The van der Waals surface area contributed by atoms with Crippen LogP contribution in [0.25, 0.3) is 0 Å². The average molecular weight is 274 g/mol. The number of amides is 1. The van der Waals surface area contributed by atoms with Gasteiger partial charge in [0.2, 0.25) is 0 Å². The van der Waals surface area contributed by atoms with Crippen LogP contribution in [0, 0.1) is 17.8 Å². The Morgan fingerprint density at radius 1 is 1.25 bits per heavy atom. The fourth-order valence-corrected chi connectivity index (χ4v) is 3.25. The maximum Gasteiger partial charge on any atom is 0.251 e. The minimum atomic E-state index is 0.0229. The first-order valence-corrected chi connectivity index (χ1v) is 7.63. The Hall–Kier alpha value is -1.51. The molecule has 1 saturated carbocycles. The molecule has 3 unspecified atom stereocenters. The Kier molecular flexibility index (Phi) is 4.69. The van der Waals surface area contributed by atoms with Crippen molar-refractivity contribution in [3.05, 3.63) is 29.8 Å². The number of anilines is 1. The summed E-state index contributed by atoms with van der Waals surface area (Å²) in [5, 5.41) is 3.24. The molecule has 0 spiro atoms.